The number of nitrogens with zero attached hydrogens (tertiary/aromatic N) is 1. The van der Waals surface area contributed by atoms with Gasteiger partial charge in [0.15, 0.2) is 0 Å². The number of benzene rings is 3. The second-order valence-corrected chi connectivity index (χ2v) is 11.3. The molecule has 1 aliphatic rings. The van der Waals surface area contributed by atoms with Gasteiger partial charge in [-0.2, -0.15) is 5.26 Å². The Morgan fingerprint density at radius 1 is 1.08 bits per heavy atom. The molecule has 198 valence electrons. The molecule has 0 atom stereocenters. The summed E-state index contributed by atoms with van der Waals surface area (Å²) in [5.41, 5.74) is 2.94. The monoisotopic (exact) mass is 553 g/mol. The fourth-order valence-corrected chi connectivity index (χ4v) is 5.70. The van der Waals surface area contributed by atoms with Crippen LogP contribution in [0.4, 0.5) is 5.69 Å². The van der Waals surface area contributed by atoms with Crippen molar-refractivity contribution in [2.24, 2.45) is 0 Å². The zero-order valence-electron chi connectivity index (χ0n) is 21.1. The average molecular weight is 554 g/mol. The number of halogens is 1. The van der Waals surface area contributed by atoms with Gasteiger partial charge in [-0.15, -0.1) is 0 Å². The molecule has 0 saturated carbocycles. The van der Waals surface area contributed by atoms with Crippen LogP contribution in [-0.4, -0.2) is 33.6 Å². The highest BCUT2D eigenvalue weighted by Gasteiger charge is 2.23. The van der Waals surface area contributed by atoms with Crippen LogP contribution in [0.1, 0.15) is 35.1 Å². The average Bonchev–Trinajstić information content (AvgIpc) is 2.87. The lowest BCUT2D eigenvalue weighted by Gasteiger charge is -2.23. The highest BCUT2D eigenvalue weighted by Crippen LogP contribution is 2.32. The Balaban J connectivity index is 1.43. The maximum Gasteiger partial charge on any atom is 0.240 e. The van der Waals surface area contributed by atoms with Crippen LogP contribution in [0.15, 0.2) is 59.5 Å². The third kappa shape index (κ3) is 6.71. The smallest absolute Gasteiger partial charge is 0.240 e. The van der Waals surface area contributed by atoms with Gasteiger partial charge in [-0.25, -0.2) is 13.1 Å². The summed E-state index contributed by atoms with van der Waals surface area (Å²) in [7, 11) is -3.68. The van der Waals surface area contributed by atoms with E-state index >= 15 is 0 Å². The fourth-order valence-electron chi connectivity index (χ4n) is 4.11. The van der Waals surface area contributed by atoms with Crippen LogP contribution in [0.25, 0.3) is 0 Å². The molecule has 0 unspecified atom stereocenters. The predicted molar refractivity (Wildman–Crippen MR) is 145 cm³/mol. The number of ether oxygens (including phenoxy) is 2. The van der Waals surface area contributed by atoms with E-state index in [0.717, 1.165) is 5.56 Å². The normalized spacial score (nSPS) is 14.1. The summed E-state index contributed by atoms with van der Waals surface area (Å²) in [5, 5.41) is 12.6. The van der Waals surface area contributed by atoms with E-state index in [-0.39, 0.29) is 28.8 Å². The van der Waals surface area contributed by atoms with Gasteiger partial charge in [-0.05, 0) is 79.8 Å². The summed E-state index contributed by atoms with van der Waals surface area (Å²) in [4.78, 5) is 13.0. The largest absolute Gasteiger partial charge is 0.456 e. The molecule has 1 heterocycles. The van der Waals surface area contributed by atoms with Crippen molar-refractivity contribution in [3.05, 3.63) is 81.9 Å². The van der Waals surface area contributed by atoms with Gasteiger partial charge in [0.05, 0.1) is 16.3 Å². The van der Waals surface area contributed by atoms with Crippen LogP contribution in [-0.2, 0) is 26.0 Å². The Morgan fingerprint density at radius 3 is 2.55 bits per heavy atom. The summed E-state index contributed by atoms with van der Waals surface area (Å²) >= 11 is 6.11. The topological polar surface area (TPSA) is 118 Å². The van der Waals surface area contributed by atoms with Crippen LogP contribution >= 0.6 is 11.6 Å². The first kappa shape index (κ1) is 27.6. The summed E-state index contributed by atoms with van der Waals surface area (Å²) < 4.78 is 39.6. The molecule has 3 aromatic rings. The Hall–Kier alpha value is -3.42. The quantitative estimate of drug-likeness (QED) is 0.393. The van der Waals surface area contributed by atoms with Crippen molar-refractivity contribution in [1.29, 1.82) is 5.26 Å². The first-order valence-electron chi connectivity index (χ1n) is 12.1. The number of carbonyl (C=O) groups excluding carboxylic acids is 1. The van der Waals surface area contributed by atoms with Gasteiger partial charge < -0.3 is 14.8 Å². The first-order valence-corrected chi connectivity index (χ1v) is 14.0. The molecule has 1 aliphatic heterocycles. The standard InChI is InChI=1S/C28H28ClN3O5S/c1-18-6-7-20(15-27(18)37-26-5-3-4-24(29)23(26)17-30)16-28(33)31-25-9-8-22(14-19(25)2)38(34,35)32-21-10-12-36-13-11-21/h3-9,14-15,21,32H,10-13,16H2,1-2H3,(H,31,33). The SMILES string of the molecule is Cc1cc(S(=O)(=O)NC2CCOCC2)ccc1NC(=O)Cc1ccc(C)c(Oc2cccc(Cl)c2C#N)c1. The Morgan fingerprint density at radius 2 is 1.84 bits per heavy atom. The van der Waals surface area contributed by atoms with E-state index in [1.165, 1.54) is 6.07 Å². The molecular weight excluding hydrogens is 526 g/mol. The minimum absolute atomic E-state index is 0.0715. The summed E-state index contributed by atoms with van der Waals surface area (Å²) in [6.07, 6.45) is 1.34. The summed E-state index contributed by atoms with van der Waals surface area (Å²) in [5.74, 6) is 0.581. The van der Waals surface area contributed by atoms with E-state index in [1.54, 1.807) is 43.3 Å². The lowest BCUT2D eigenvalue weighted by Crippen LogP contribution is -2.38. The molecule has 1 saturated heterocycles. The Bertz CT molecular complexity index is 1490. The van der Waals surface area contributed by atoms with E-state index in [1.807, 2.05) is 25.1 Å². The maximum atomic E-state index is 12.8. The van der Waals surface area contributed by atoms with Crippen LogP contribution in [0, 0.1) is 25.2 Å². The van der Waals surface area contributed by atoms with Crippen molar-refractivity contribution in [2.75, 3.05) is 18.5 Å². The molecule has 10 heteroatoms. The lowest BCUT2D eigenvalue weighted by atomic mass is 10.1. The zero-order chi connectivity index (χ0) is 27.3. The molecule has 1 fully saturated rings. The first-order chi connectivity index (χ1) is 18.2. The van der Waals surface area contributed by atoms with E-state index in [2.05, 4.69) is 10.0 Å². The third-order valence-corrected chi connectivity index (χ3v) is 8.08. The number of amides is 1. The highest BCUT2D eigenvalue weighted by molar-refractivity contribution is 7.89. The third-order valence-electron chi connectivity index (χ3n) is 6.25. The molecule has 38 heavy (non-hydrogen) atoms. The molecule has 0 radical (unpaired) electrons. The van der Waals surface area contributed by atoms with Gasteiger partial charge in [0.25, 0.3) is 0 Å². The van der Waals surface area contributed by atoms with Crippen molar-refractivity contribution in [2.45, 2.75) is 44.0 Å². The van der Waals surface area contributed by atoms with E-state index in [0.29, 0.717) is 59.4 Å². The van der Waals surface area contributed by atoms with E-state index in [9.17, 15) is 18.5 Å². The van der Waals surface area contributed by atoms with Crippen molar-refractivity contribution in [3.8, 4) is 17.6 Å². The second-order valence-electron chi connectivity index (χ2n) is 9.14. The minimum Gasteiger partial charge on any atom is -0.456 e. The van der Waals surface area contributed by atoms with Gasteiger partial charge in [0.1, 0.15) is 23.1 Å². The molecule has 1 amide bonds. The molecule has 0 aliphatic carbocycles. The zero-order valence-corrected chi connectivity index (χ0v) is 22.7. The van der Waals surface area contributed by atoms with Crippen LogP contribution in [0.5, 0.6) is 11.5 Å². The molecule has 8 nitrogen and oxygen atoms in total. The van der Waals surface area contributed by atoms with Crippen LogP contribution < -0.4 is 14.8 Å². The van der Waals surface area contributed by atoms with Gasteiger partial charge >= 0.3 is 0 Å². The van der Waals surface area contributed by atoms with Gasteiger partial charge in [-0.3, -0.25) is 4.79 Å². The molecule has 2 N–H and O–H groups in total. The maximum absolute atomic E-state index is 12.8. The number of aryl methyl sites for hydroxylation is 2. The van der Waals surface area contributed by atoms with Gasteiger partial charge in [0.2, 0.25) is 15.9 Å². The minimum atomic E-state index is -3.68. The van der Waals surface area contributed by atoms with E-state index < -0.39 is 10.0 Å². The van der Waals surface area contributed by atoms with Crippen molar-refractivity contribution < 1.29 is 22.7 Å². The summed E-state index contributed by atoms with van der Waals surface area (Å²) in [6.45, 7) is 4.69. The fraction of sp³-hybridized carbons (Fsp3) is 0.286. The molecule has 0 spiro atoms. The molecule has 0 aromatic heterocycles. The van der Waals surface area contributed by atoms with Crippen LogP contribution in [0.3, 0.4) is 0 Å². The number of carbonyl (C=O) groups is 1. The number of anilines is 1. The number of hydrogen-bond acceptors (Lipinski definition) is 6. The molecule has 3 aromatic carbocycles. The number of sulfonamides is 1. The Labute approximate surface area is 227 Å². The van der Waals surface area contributed by atoms with Crippen molar-refractivity contribution in [3.63, 3.8) is 0 Å². The Kier molecular flexibility index (Phi) is 8.69. The van der Waals surface area contributed by atoms with Crippen LogP contribution in [0.2, 0.25) is 5.02 Å². The van der Waals surface area contributed by atoms with Crippen molar-refractivity contribution >= 4 is 33.2 Å². The highest BCUT2D eigenvalue weighted by atomic mass is 35.5. The molecule has 4 rings (SSSR count). The lowest BCUT2D eigenvalue weighted by molar-refractivity contribution is -0.115. The van der Waals surface area contributed by atoms with Gasteiger partial charge in [0, 0.05) is 24.9 Å². The number of nitrogens with one attached hydrogen (secondary N) is 2. The molecular formula is C28H28ClN3O5S. The summed E-state index contributed by atoms with van der Waals surface area (Å²) in [6, 6.07) is 16.9. The second kappa shape index (κ2) is 12.0. The van der Waals surface area contributed by atoms with E-state index in [4.69, 9.17) is 21.1 Å². The number of hydrogen-bond donors (Lipinski definition) is 2. The predicted octanol–water partition coefficient (Wildman–Crippen LogP) is 5.26. The number of rotatable bonds is 8. The van der Waals surface area contributed by atoms with Crippen molar-refractivity contribution in [1.82, 2.24) is 4.72 Å². The van der Waals surface area contributed by atoms with Gasteiger partial charge in [-0.1, -0.05) is 29.8 Å². The number of nitriles is 1. The molecule has 0 bridgehead atoms.